The van der Waals surface area contributed by atoms with Crippen LogP contribution in [0.3, 0.4) is 0 Å². The van der Waals surface area contributed by atoms with E-state index < -0.39 is 6.10 Å². The highest BCUT2D eigenvalue weighted by Crippen LogP contribution is 2.25. The van der Waals surface area contributed by atoms with Crippen LogP contribution >= 0.6 is 0 Å². The summed E-state index contributed by atoms with van der Waals surface area (Å²) in [7, 11) is 1.90. The number of carbonyl (C=O) groups is 1. The molecule has 0 saturated carbocycles. The van der Waals surface area contributed by atoms with Gasteiger partial charge in [0.15, 0.2) is 6.10 Å². The molecule has 0 radical (unpaired) electrons. The van der Waals surface area contributed by atoms with Gasteiger partial charge in [0.1, 0.15) is 5.75 Å². The quantitative estimate of drug-likeness (QED) is 0.794. The lowest BCUT2D eigenvalue weighted by molar-refractivity contribution is -0.127. The Morgan fingerprint density at radius 2 is 2.00 bits per heavy atom. The van der Waals surface area contributed by atoms with Crippen LogP contribution in [0.1, 0.15) is 38.8 Å². The van der Waals surface area contributed by atoms with E-state index in [0.29, 0.717) is 6.54 Å². The molecular formula is C15H24N2O2. The third-order valence-electron chi connectivity index (χ3n) is 3.04. The van der Waals surface area contributed by atoms with Crippen LogP contribution in [-0.4, -0.2) is 25.6 Å². The SMILES string of the molecule is CCCNC(=O)C(C)Oc1ccccc1C(C)NC. The Morgan fingerprint density at radius 1 is 1.32 bits per heavy atom. The molecule has 0 bridgehead atoms. The molecule has 2 atom stereocenters. The van der Waals surface area contributed by atoms with Crippen molar-refractivity contribution in [2.45, 2.75) is 39.3 Å². The van der Waals surface area contributed by atoms with Gasteiger partial charge in [0.2, 0.25) is 0 Å². The number of ether oxygens (including phenoxy) is 1. The van der Waals surface area contributed by atoms with Gasteiger partial charge >= 0.3 is 0 Å². The predicted octanol–water partition coefficient (Wildman–Crippen LogP) is 2.26. The van der Waals surface area contributed by atoms with E-state index in [4.69, 9.17) is 4.74 Å². The number of nitrogens with one attached hydrogen (secondary N) is 2. The van der Waals surface area contributed by atoms with Gasteiger partial charge in [-0.25, -0.2) is 0 Å². The highest BCUT2D eigenvalue weighted by molar-refractivity contribution is 5.80. The minimum atomic E-state index is -0.489. The van der Waals surface area contributed by atoms with Crippen LogP contribution in [0.2, 0.25) is 0 Å². The second kappa shape index (κ2) is 7.79. The number of hydrogen-bond donors (Lipinski definition) is 2. The number of amides is 1. The van der Waals surface area contributed by atoms with Gasteiger partial charge in [0, 0.05) is 18.2 Å². The molecule has 2 unspecified atom stereocenters. The molecule has 1 amide bonds. The van der Waals surface area contributed by atoms with Gasteiger partial charge in [-0.3, -0.25) is 4.79 Å². The molecule has 0 saturated heterocycles. The lowest BCUT2D eigenvalue weighted by Crippen LogP contribution is -2.36. The van der Waals surface area contributed by atoms with Crippen LogP contribution in [0.25, 0.3) is 0 Å². The highest BCUT2D eigenvalue weighted by atomic mass is 16.5. The maximum atomic E-state index is 11.8. The summed E-state index contributed by atoms with van der Waals surface area (Å²) < 4.78 is 5.78. The van der Waals surface area contributed by atoms with E-state index in [9.17, 15) is 4.79 Å². The molecule has 1 aromatic carbocycles. The summed E-state index contributed by atoms with van der Waals surface area (Å²) in [6.07, 6.45) is 0.433. The zero-order valence-corrected chi connectivity index (χ0v) is 12.2. The van der Waals surface area contributed by atoms with Crippen molar-refractivity contribution in [3.05, 3.63) is 29.8 Å². The molecule has 19 heavy (non-hydrogen) atoms. The molecule has 1 rings (SSSR count). The van der Waals surface area contributed by atoms with Crippen molar-refractivity contribution in [3.8, 4) is 5.75 Å². The number of benzene rings is 1. The number of carbonyl (C=O) groups excluding carboxylic acids is 1. The zero-order chi connectivity index (χ0) is 14.3. The Morgan fingerprint density at radius 3 is 2.63 bits per heavy atom. The summed E-state index contributed by atoms with van der Waals surface area (Å²) in [5, 5.41) is 6.01. The first kappa shape index (κ1) is 15.5. The van der Waals surface area contributed by atoms with Crippen molar-refractivity contribution in [2.75, 3.05) is 13.6 Å². The molecule has 0 spiro atoms. The lowest BCUT2D eigenvalue weighted by atomic mass is 10.1. The molecule has 0 heterocycles. The van der Waals surface area contributed by atoms with Crippen LogP contribution in [0.5, 0.6) is 5.75 Å². The van der Waals surface area contributed by atoms with Crippen molar-refractivity contribution >= 4 is 5.91 Å². The van der Waals surface area contributed by atoms with Gasteiger partial charge in [0.05, 0.1) is 0 Å². The maximum absolute atomic E-state index is 11.8. The molecule has 0 aromatic heterocycles. The molecule has 0 fully saturated rings. The van der Waals surface area contributed by atoms with Gasteiger partial charge in [-0.15, -0.1) is 0 Å². The Bertz CT molecular complexity index is 407. The summed E-state index contributed by atoms with van der Waals surface area (Å²) in [5.41, 5.74) is 1.06. The molecule has 4 heteroatoms. The average Bonchev–Trinajstić information content (AvgIpc) is 2.44. The van der Waals surface area contributed by atoms with Crippen LogP contribution < -0.4 is 15.4 Å². The molecular weight excluding hydrogens is 240 g/mol. The van der Waals surface area contributed by atoms with Crippen molar-refractivity contribution in [1.29, 1.82) is 0 Å². The van der Waals surface area contributed by atoms with Crippen LogP contribution in [0.4, 0.5) is 0 Å². The van der Waals surface area contributed by atoms with E-state index in [2.05, 4.69) is 17.6 Å². The fraction of sp³-hybridized carbons (Fsp3) is 0.533. The fourth-order valence-corrected chi connectivity index (χ4v) is 1.74. The van der Waals surface area contributed by atoms with Crippen molar-refractivity contribution in [3.63, 3.8) is 0 Å². The lowest BCUT2D eigenvalue weighted by Gasteiger charge is -2.19. The summed E-state index contributed by atoms with van der Waals surface area (Å²) >= 11 is 0. The Hall–Kier alpha value is -1.55. The number of para-hydroxylation sites is 1. The first-order valence-electron chi connectivity index (χ1n) is 6.80. The summed E-state index contributed by atoms with van der Waals surface area (Å²) in [5.74, 6) is 0.678. The summed E-state index contributed by atoms with van der Waals surface area (Å²) in [6.45, 7) is 6.53. The van der Waals surface area contributed by atoms with Crippen LogP contribution in [0, 0.1) is 0 Å². The maximum Gasteiger partial charge on any atom is 0.260 e. The fourth-order valence-electron chi connectivity index (χ4n) is 1.74. The number of rotatable bonds is 7. The van der Waals surface area contributed by atoms with E-state index >= 15 is 0 Å². The highest BCUT2D eigenvalue weighted by Gasteiger charge is 2.17. The monoisotopic (exact) mass is 264 g/mol. The molecule has 4 nitrogen and oxygen atoms in total. The van der Waals surface area contributed by atoms with Gasteiger partial charge < -0.3 is 15.4 Å². The van der Waals surface area contributed by atoms with E-state index in [1.165, 1.54) is 0 Å². The molecule has 0 aliphatic heterocycles. The Balaban J connectivity index is 2.73. The van der Waals surface area contributed by atoms with Gasteiger partial charge in [-0.1, -0.05) is 25.1 Å². The van der Waals surface area contributed by atoms with Crippen LogP contribution in [0.15, 0.2) is 24.3 Å². The zero-order valence-electron chi connectivity index (χ0n) is 12.2. The van der Waals surface area contributed by atoms with E-state index in [-0.39, 0.29) is 11.9 Å². The standard InChI is InChI=1S/C15H24N2O2/c1-5-10-17-15(18)12(3)19-14-9-7-6-8-13(14)11(2)16-4/h6-9,11-12,16H,5,10H2,1-4H3,(H,17,18). The van der Waals surface area contributed by atoms with Crippen LogP contribution in [-0.2, 0) is 4.79 Å². The second-order valence-electron chi connectivity index (χ2n) is 4.60. The molecule has 2 N–H and O–H groups in total. The molecule has 106 valence electrons. The predicted molar refractivity (Wildman–Crippen MR) is 77.3 cm³/mol. The second-order valence-corrected chi connectivity index (χ2v) is 4.60. The smallest absolute Gasteiger partial charge is 0.260 e. The first-order valence-corrected chi connectivity index (χ1v) is 6.80. The van der Waals surface area contributed by atoms with E-state index in [1.807, 2.05) is 38.2 Å². The minimum absolute atomic E-state index is 0.0752. The van der Waals surface area contributed by atoms with Gasteiger partial charge in [0.25, 0.3) is 5.91 Å². The summed E-state index contributed by atoms with van der Waals surface area (Å²) in [4.78, 5) is 11.8. The van der Waals surface area contributed by atoms with Gasteiger partial charge in [-0.05, 0) is 33.4 Å². The molecule has 1 aromatic rings. The Labute approximate surface area is 115 Å². The van der Waals surface area contributed by atoms with E-state index in [1.54, 1.807) is 6.92 Å². The summed E-state index contributed by atoms with van der Waals surface area (Å²) in [6, 6.07) is 7.97. The largest absolute Gasteiger partial charge is 0.481 e. The first-order chi connectivity index (χ1) is 9.10. The molecule has 0 aliphatic carbocycles. The minimum Gasteiger partial charge on any atom is -0.481 e. The average molecular weight is 264 g/mol. The van der Waals surface area contributed by atoms with Crippen molar-refractivity contribution in [2.24, 2.45) is 0 Å². The molecule has 0 aliphatic rings. The number of hydrogen-bond acceptors (Lipinski definition) is 3. The van der Waals surface area contributed by atoms with E-state index in [0.717, 1.165) is 17.7 Å². The van der Waals surface area contributed by atoms with Crippen molar-refractivity contribution in [1.82, 2.24) is 10.6 Å². The topological polar surface area (TPSA) is 50.4 Å². The Kier molecular flexibility index (Phi) is 6.36. The third kappa shape index (κ3) is 4.56. The van der Waals surface area contributed by atoms with Crippen molar-refractivity contribution < 1.29 is 9.53 Å². The normalized spacial score (nSPS) is 13.7. The third-order valence-corrected chi connectivity index (χ3v) is 3.04. The van der Waals surface area contributed by atoms with Gasteiger partial charge in [-0.2, -0.15) is 0 Å².